The molecule has 3 rings (SSSR count). The van der Waals surface area contributed by atoms with Gasteiger partial charge >= 0.3 is 0 Å². The second-order valence-electron chi connectivity index (χ2n) is 7.25. The van der Waals surface area contributed by atoms with Crippen molar-refractivity contribution in [2.45, 2.75) is 52.1 Å². The van der Waals surface area contributed by atoms with E-state index in [2.05, 4.69) is 74.2 Å². The van der Waals surface area contributed by atoms with Crippen LogP contribution in [0.3, 0.4) is 0 Å². The van der Waals surface area contributed by atoms with Crippen molar-refractivity contribution in [3.8, 4) is 6.07 Å². The molecule has 1 fully saturated rings. The van der Waals surface area contributed by atoms with E-state index in [0.29, 0.717) is 18.0 Å². The lowest BCUT2D eigenvalue weighted by Gasteiger charge is -2.51. The van der Waals surface area contributed by atoms with Gasteiger partial charge in [0, 0.05) is 11.7 Å². The quantitative estimate of drug-likeness (QED) is 0.691. The standard InChI is InChI=1S/C23H28N2/c1-4-21-17(3)15-23(19-13-11-18(16-24)12-14-19)25(22(21)5-2)20-9-7-6-8-10-20/h6-14,17,21-23H,4-5,15H2,1-3H3/t17-,21-,22-,23-/m0/s1. The van der Waals surface area contributed by atoms with Gasteiger partial charge in [0.1, 0.15) is 0 Å². The Balaban J connectivity index is 2.05. The molecule has 0 aromatic heterocycles. The molecule has 4 atom stereocenters. The Bertz CT molecular complexity index is 714. The monoisotopic (exact) mass is 332 g/mol. The summed E-state index contributed by atoms with van der Waals surface area (Å²) in [7, 11) is 0. The zero-order valence-corrected chi connectivity index (χ0v) is 15.5. The maximum Gasteiger partial charge on any atom is 0.0991 e. The van der Waals surface area contributed by atoms with Crippen LogP contribution in [0.25, 0.3) is 0 Å². The molecular weight excluding hydrogens is 304 g/mol. The number of anilines is 1. The Morgan fingerprint density at radius 3 is 2.24 bits per heavy atom. The highest BCUT2D eigenvalue weighted by Gasteiger charge is 2.40. The van der Waals surface area contributed by atoms with Gasteiger partial charge in [-0.1, -0.05) is 57.5 Å². The lowest BCUT2D eigenvalue weighted by molar-refractivity contribution is 0.188. The van der Waals surface area contributed by atoms with Crippen LogP contribution in [-0.2, 0) is 0 Å². The van der Waals surface area contributed by atoms with E-state index < -0.39 is 0 Å². The maximum absolute atomic E-state index is 9.10. The second-order valence-corrected chi connectivity index (χ2v) is 7.25. The van der Waals surface area contributed by atoms with E-state index in [9.17, 15) is 0 Å². The summed E-state index contributed by atoms with van der Waals surface area (Å²) in [5, 5.41) is 9.10. The fourth-order valence-corrected chi connectivity index (χ4v) is 4.68. The predicted molar refractivity (Wildman–Crippen MR) is 104 cm³/mol. The van der Waals surface area contributed by atoms with Crippen LogP contribution < -0.4 is 4.90 Å². The summed E-state index contributed by atoms with van der Waals surface area (Å²) < 4.78 is 0. The van der Waals surface area contributed by atoms with Gasteiger partial charge in [-0.15, -0.1) is 0 Å². The molecule has 2 nitrogen and oxygen atoms in total. The summed E-state index contributed by atoms with van der Waals surface area (Å²) >= 11 is 0. The highest BCUT2D eigenvalue weighted by atomic mass is 15.2. The third-order valence-electron chi connectivity index (χ3n) is 5.88. The van der Waals surface area contributed by atoms with Crippen molar-refractivity contribution >= 4 is 5.69 Å². The van der Waals surface area contributed by atoms with Gasteiger partial charge in [-0.25, -0.2) is 0 Å². The van der Waals surface area contributed by atoms with Gasteiger partial charge in [0.2, 0.25) is 0 Å². The molecule has 2 aromatic carbocycles. The minimum Gasteiger partial charge on any atom is -0.361 e. The van der Waals surface area contributed by atoms with E-state index in [1.54, 1.807) is 0 Å². The first-order chi connectivity index (χ1) is 12.2. The molecule has 1 aliphatic rings. The van der Waals surface area contributed by atoms with Crippen molar-refractivity contribution in [3.05, 3.63) is 65.7 Å². The first-order valence-corrected chi connectivity index (χ1v) is 9.53. The first-order valence-electron chi connectivity index (χ1n) is 9.53. The molecule has 0 amide bonds. The van der Waals surface area contributed by atoms with Gasteiger partial charge in [0.05, 0.1) is 17.7 Å². The average molecular weight is 332 g/mol. The summed E-state index contributed by atoms with van der Waals surface area (Å²) in [5.41, 5.74) is 3.37. The van der Waals surface area contributed by atoms with Crippen LogP contribution in [0.2, 0.25) is 0 Å². The molecule has 0 radical (unpaired) electrons. The zero-order chi connectivity index (χ0) is 17.8. The van der Waals surface area contributed by atoms with Crippen LogP contribution in [-0.4, -0.2) is 6.04 Å². The number of hydrogen-bond donors (Lipinski definition) is 0. The fraction of sp³-hybridized carbons (Fsp3) is 0.435. The Morgan fingerprint density at radius 1 is 1.00 bits per heavy atom. The molecule has 2 aromatic rings. The summed E-state index contributed by atoms with van der Waals surface area (Å²) in [6.45, 7) is 7.06. The molecule has 0 unspecified atom stereocenters. The largest absolute Gasteiger partial charge is 0.361 e. The van der Waals surface area contributed by atoms with Crippen molar-refractivity contribution in [1.82, 2.24) is 0 Å². The predicted octanol–water partition coefficient (Wildman–Crippen LogP) is 5.95. The van der Waals surface area contributed by atoms with Crippen LogP contribution in [0.1, 0.15) is 57.2 Å². The van der Waals surface area contributed by atoms with Crippen molar-refractivity contribution in [1.29, 1.82) is 5.26 Å². The Hall–Kier alpha value is -2.27. The minimum atomic E-state index is 0.373. The number of nitriles is 1. The molecule has 0 spiro atoms. The van der Waals surface area contributed by atoms with Crippen LogP contribution >= 0.6 is 0 Å². The van der Waals surface area contributed by atoms with Crippen LogP contribution in [0.4, 0.5) is 5.69 Å². The van der Waals surface area contributed by atoms with E-state index in [1.165, 1.54) is 17.7 Å². The molecule has 0 saturated carbocycles. The van der Waals surface area contributed by atoms with Gasteiger partial charge in [-0.2, -0.15) is 5.26 Å². The number of benzene rings is 2. The normalized spacial score (nSPS) is 26.2. The number of piperidine rings is 1. The summed E-state index contributed by atoms with van der Waals surface area (Å²) in [4.78, 5) is 2.65. The van der Waals surface area contributed by atoms with E-state index in [1.807, 2.05) is 12.1 Å². The summed E-state index contributed by atoms with van der Waals surface area (Å²) in [5.74, 6) is 1.43. The number of nitrogens with zero attached hydrogens (tertiary/aromatic N) is 2. The van der Waals surface area contributed by atoms with E-state index in [-0.39, 0.29) is 0 Å². The highest BCUT2D eigenvalue weighted by molar-refractivity contribution is 5.51. The number of hydrogen-bond acceptors (Lipinski definition) is 2. The SMILES string of the molecule is CC[C@H]1[C@@H](C)C[C@@H](c2ccc(C#N)cc2)N(c2ccccc2)[C@H]1CC. The summed E-state index contributed by atoms with van der Waals surface area (Å²) in [6.07, 6.45) is 3.55. The zero-order valence-electron chi connectivity index (χ0n) is 15.5. The van der Waals surface area contributed by atoms with Crippen molar-refractivity contribution < 1.29 is 0 Å². The first kappa shape index (κ1) is 17.5. The molecule has 0 aliphatic carbocycles. The minimum absolute atomic E-state index is 0.373. The third-order valence-corrected chi connectivity index (χ3v) is 5.88. The van der Waals surface area contributed by atoms with Crippen LogP contribution in [0.15, 0.2) is 54.6 Å². The Kier molecular flexibility index (Phi) is 5.43. The van der Waals surface area contributed by atoms with Crippen LogP contribution in [0.5, 0.6) is 0 Å². The topological polar surface area (TPSA) is 27.0 Å². The molecule has 25 heavy (non-hydrogen) atoms. The molecular formula is C23H28N2. The molecule has 0 N–H and O–H groups in total. The lowest BCUT2D eigenvalue weighted by atomic mass is 9.73. The van der Waals surface area contributed by atoms with E-state index in [4.69, 9.17) is 5.26 Å². The smallest absolute Gasteiger partial charge is 0.0991 e. The third kappa shape index (κ3) is 3.42. The molecule has 0 bridgehead atoms. The van der Waals surface area contributed by atoms with Gasteiger partial charge in [-0.05, 0) is 54.5 Å². The fourth-order valence-electron chi connectivity index (χ4n) is 4.68. The Labute approximate surface area is 152 Å². The molecule has 1 aliphatic heterocycles. The van der Waals surface area contributed by atoms with E-state index >= 15 is 0 Å². The molecule has 2 heteroatoms. The Morgan fingerprint density at radius 2 is 1.68 bits per heavy atom. The summed E-state index contributed by atoms with van der Waals surface area (Å²) in [6, 6.07) is 22.2. The van der Waals surface area contributed by atoms with Crippen molar-refractivity contribution in [2.24, 2.45) is 11.8 Å². The van der Waals surface area contributed by atoms with Gasteiger partial charge in [0.15, 0.2) is 0 Å². The van der Waals surface area contributed by atoms with Gasteiger partial charge in [-0.3, -0.25) is 0 Å². The molecule has 1 heterocycles. The highest BCUT2D eigenvalue weighted by Crippen LogP contribution is 2.45. The van der Waals surface area contributed by atoms with Gasteiger partial charge < -0.3 is 4.90 Å². The van der Waals surface area contributed by atoms with Crippen molar-refractivity contribution in [3.63, 3.8) is 0 Å². The molecule has 130 valence electrons. The second kappa shape index (κ2) is 7.74. The van der Waals surface area contributed by atoms with Crippen molar-refractivity contribution in [2.75, 3.05) is 4.90 Å². The number of para-hydroxylation sites is 1. The van der Waals surface area contributed by atoms with E-state index in [0.717, 1.165) is 24.3 Å². The number of rotatable bonds is 4. The maximum atomic E-state index is 9.10. The van der Waals surface area contributed by atoms with Crippen LogP contribution in [0, 0.1) is 23.2 Å². The molecule has 1 saturated heterocycles. The lowest BCUT2D eigenvalue weighted by Crippen LogP contribution is -2.50. The average Bonchev–Trinajstić information content (AvgIpc) is 2.67. The van der Waals surface area contributed by atoms with Gasteiger partial charge in [0.25, 0.3) is 0 Å².